The van der Waals surface area contributed by atoms with Crippen LogP contribution in [0.4, 0.5) is 0 Å². The summed E-state index contributed by atoms with van der Waals surface area (Å²) in [6, 6.07) is 0. The lowest BCUT2D eigenvalue weighted by Crippen LogP contribution is -2.42. The molecule has 1 heterocycles. The molecule has 0 saturated carbocycles. The SMILES string of the molecule is CCCCCC/C=C/CCO[C@@H]1[C@H]([C@@H](O)CO)OC[C@H]1O. The van der Waals surface area contributed by atoms with Crippen molar-refractivity contribution in [1.82, 2.24) is 0 Å². The van der Waals surface area contributed by atoms with Crippen molar-refractivity contribution in [1.29, 1.82) is 0 Å². The summed E-state index contributed by atoms with van der Waals surface area (Å²) in [6.45, 7) is 2.43. The summed E-state index contributed by atoms with van der Waals surface area (Å²) >= 11 is 0. The predicted octanol–water partition coefficient (Wildman–Crippen LogP) is 1.40. The van der Waals surface area contributed by atoms with Gasteiger partial charge in [-0.25, -0.2) is 0 Å². The van der Waals surface area contributed by atoms with Crippen LogP contribution < -0.4 is 0 Å². The summed E-state index contributed by atoms with van der Waals surface area (Å²) in [5.41, 5.74) is 0. The molecule has 4 atom stereocenters. The van der Waals surface area contributed by atoms with E-state index in [-0.39, 0.29) is 6.61 Å². The minimum Gasteiger partial charge on any atom is -0.394 e. The molecule has 0 aromatic rings. The number of unbranched alkanes of at least 4 members (excludes halogenated alkanes) is 4. The number of rotatable bonds is 11. The third-order valence-electron chi connectivity index (χ3n) is 3.71. The highest BCUT2D eigenvalue weighted by Crippen LogP contribution is 2.21. The van der Waals surface area contributed by atoms with Gasteiger partial charge in [0.1, 0.15) is 24.4 Å². The second-order valence-corrected chi connectivity index (χ2v) is 5.56. The minimum atomic E-state index is -1.01. The lowest BCUT2D eigenvalue weighted by Gasteiger charge is -2.23. The smallest absolute Gasteiger partial charge is 0.114 e. The monoisotopic (exact) mass is 302 g/mol. The summed E-state index contributed by atoms with van der Waals surface area (Å²) in [4.78, 5) is 0. The van der Waals surface area contributed by atoms with Crippen LogP contribution in [0.5, 0.6) is 0 Å². The molecule has 0 aromatic carbocycles. The van der Waals surface area contributed by atoms with Crippen molar-refractivity contribution in [3.63, 3.8) is 0 Å². The van der Waals surface area contributed by atoms with Gasteiger partial charge in [-0.15, -0.1) is 0 Å². The van der Waals surface area contributed by atoms with Crippen molar-refractivity contribution in [2.75, 3.05) is 19.8 Å². The quantitative estimate of drug-likeness (QED) is 0.397. The molecule has 5 heteroatoms. The Bertz CT molecular complexity index is 282. The second-order valence-electron chi connectivity index (χ2n) is 5.56. The van der Waals surface area contributed by atoms with Crippen LogP contribution in [0.3, 0.4) is 0 Å². The second kappa shape index (κ2) is 11.2. The Kier molecular flexibility index (Phi) is 9.87. The third kappa shape index (κ3) is 6.89. The topological polar surface area (TPSA) is 79.2 Å². The Balaban J connectivity index is 2.14. The van der Waals surface area contributed by atoms with E-state index in [1.165, 1.54) is 25.7 Å². The normalized spacial score (nSPS) is 27.5. The molecule has 0 bridgehead atoms. The Morgan fingerprint density at radius 2 is 2.00 bits per heavy atom. The van der Waals surface area contributed by atoms with Gasteiger partial charge in [0.05, 0.1) is 19.8 Å². The zero-order chi connectivity index (χ0) is 15.5. The van der Waals surface area contributed by atoms with Gasteiger partial charge in [-0.05, 0) is 19.3 Å². The lowest BCUT2D eigenvalue weighted by molar-refractivity contribution is -0.0924. The molecule has 0 unspecified atom stereocenters. The molecule has 0 aromatic heterocycles. The van der Waals surface area contributed by atoms with Crippen molar-refractivity contribution < 1.29 is 24.8 Å². The van der Waals surface area contributed by atoms with E-state index in [9.17, 15) is 10.2 Å². The number of ether oxygens (including phenoxy) is 2. The zero-order valence-corrected chi connectivity index (χ0v) is 13.0. The van der Waals surface area contributed by atoms with Gasteiger partial charge in [0.25, 0.3) is 0 Å². The van der Waals surface area contributed by atoms with E-state index >= 15 is 0 Å². The number of hydrogen-bond donors (Lipinski definition) is 3. The Labute approximate surface area is 127 Å². The molecule has 0 spiro atoms. The van der Waals surface area contributed by atoms with Crippen LogP contribution in [0.1, 0.15) is 45.4 Å². The number of allylic oxidation sites excluding steroid dienone is 1. The lowest BCUT2D eigenvalue weighted by atomic mass is 10.1. The Hall–Kier alpha value is -0.460. The van der Waals surface area contributed by atoms with Crippen molar-refractivity contribution in [2.45, 2.75) is 69.9 Å². The third-order valence-corrected chi connectivity index (χ3v) is 3.71. The van der Waals surface area contributed by atoms with Crippen LogP contribution in [0.15, 0.2) is 12.2 Å². The molecule has 5 nitrogen and oxygen atoms in total. The van der Waals surface area contributed by atoms with E-state index in [0.29, 0.717) is 6.61 Å². The highest BCUT2D eigenvalue weighted by Gasteiger charge is 2.40. The number of hydrogen-bond acceptors (Lipinski definition) is 5. The van der Waals surface area contributed by atoms with Crippen LogP contribution in [-0.2, 0) is 9.47 Å². The highest BCUT2D eigenvalue weighted by molar-refractivity contribution is 4.89. The van der Waals surface area contributed by atoms with E-state index in [0.717, 1.165) is 12.8 Å². The average Bonchev–Trinajstić information content (AvgIpc) is 2.86. The number of aliphatic hydroxyl groups excluding tert-OH is 3. The van der Waals surface area contributed by atoms with Crippen LogP contribution >= 0.6 is 0 Å². The van der Waals surface area contributed by atoms with Crippen LogP contribution in [-0.4, -0.2) is 59.6 Å². The van der Waals surface area contributed by atoms with E-state index in [1.807, 2.05) is 0 Å². The molecule has 0 aliphatic carbocycles. The zero-order valence-electron chi connectivity index (χ0n) is 13.0. The van der Waals surface area contributed by atoms with Crippen molar-refractivity contribution in [3.8, 4) is 0 Å². The van der Waals surface area contributed by atoms with Gasteiger partial charge in [0, 0.05) is 0 Å². The average molecular weight is 302 g/mol. The van der Waals surface area contributed by atoms with Gasteiger partial charge < -0.3 is 24.8 Å². The maximum absolute atomic E-state index is 9.77. The molecule has 0 radical (unpaired) electrons. The van der Waals surface area contributed by atoms with Crippen LogP contribution in [0, 0.1) is 0 Å². The summed E-state index contributed by atoms with van der Waals surface area (Å²) in [5.74, 6) is 0. The fourth-order valence-corrected chi connectivity index (χ4v) is 2.45. The Morgan fingerprint density at radius 1 is 1.24 bits per heavy atom. The molecule has 1 saturated heterocycles. The first kappa shape index (κ1) is 18.6. The van der Waals surface area contributed by atoms with Gasteiger partial charge in [-0.1, -0.05) is 38.3 Å². The molecular formula is C16H30O5. The first-order valence-corrected chi connectivity index (χ1v) is 8.05. The molecule has 21 heavy (non-hydrogen) atoms. The van der Waals surface area contributed by atoms with E-state index in [2.05, 4.69) is 19.1 Å². The van der Waals surface area contributed by atoms with E-state index in [1.54, 1.807) is 0 Å². The summed E-state index contributed by atoms with van der Waals surface area (Å²) in [5, 5.41) is 28.3. The first-order valence-electron chi connectivity index (χ1n) is 8.05. The molecular weight excluding hydrogens is 272 g/mol. The fourth-order valence-electron chi connectivity index (χ4n) is 2.45. The highest BCUT2D eigenvalue weighted by atomic mass is 16.6. The summed E-state index contributed by atoms with van der Waals surface area (Å²) < 4.78 is 10.9. The van der Waals surface area contributed by atoms with Gasteiger partial charge in [-0.3, -0.25) is 0 Å². The maximum Gasteiger partial charge on any atom is 0.114 e. The van der Waals surface area contributed by atoms with Gasteiger partial charge >= 0.3 is 0 Å². The largest absolute Gasteiger partial charge is 0.394 e. The van der Waals surface area contributed by atoms with Crippen LogP contribution in [0.25, 0.3) is 0 Å². The van der Waals surface area contributed by atoms with Crippen molar-refractivity contribution in [3.05, 3.63) is 12.2 Å². The predicted molar refractivity (Wildman–Crippen MR) is 81.1 cm³/mol. The summed E-state index contributed by atoms with van der Waals surface area (Å²) in [7, 11) is 0. The molecule has 124 valence electrons. The van der Waals surface area contributed by atoms with Crippen molar-refractivity contribution in [2.24, 2.45) is 0 Å². The molecule has 1 fully saturated rings. The maximum atomic E-state index is 9.77. The first-order chi connectivity index (χ1) is 10.2. The van der Waals surface area contributed by atoms with Crippen molar-refractivity contribution >= 4 is 0 Å². The summed E-state index contributed by atoms with van der Waals surface area (Å²) in [6.07, 6.45) is 8.22. The number of aliphatic hydroxyl groups is 3. The van der Waals surface area contributed by atoms with Crippen LogP contribution in [0.2, 0.25) is 0 Å². The van der Waals surface area contributed by atoms with Gasteiger partial charge in [-0.2, -0.15) is 0 Å². The molecule has 1 rings (SSSR count). The molecule has 1 aliphatic rings. The molecule has 3 N–H and O–H groups in total. The van der Waals surface area contributed by atoms with E-state index in [4.69, 9.17) is 14.6 Å². The Morgan fingerprint density at radius 3 is 2.71 bits per heavy atom. The van der Waals surface area contributed by atoms with Gasteiger partial charge in [0.15, 0.2) is 0 Å². The van der Waals surface area contributed by atoms with E-state index < -0.39 is 31.0 Å². The molecule has 1 aliphatic heterocycles. The standard InChI is InChI=1S/C16H30O5/c1-2-3-4-5-6-7-8-9-10-20-16-14(19)12-21-15(16)13(18)11-17/h7-8,13-19H,2-6,9-12H2,1H3/b8-7+/t13-,14+,15-,16-/m0/s1. The molecule has 0 amide bonds. The fraction of sp³-hybridized carbons (Fsp3) is 0.875. The van der Waals surface area contributed by atoms with Gasteiger partial charge in [0.2, 0.25) is 0 Å². The minimum absolute atomic E-state index is 0.139.